The van der Waals surface area contributed by atoms with E-state index in [2.05, 4.69) is 4.98 Å². The Kier molecular flexibility index (Phi) is 6.96. The van der Waals surface area contributed by atoms with Crippen LogP contribution in [0.4, 0.5) is 5.95 Å². The number of hydrogen-bond donors (Lipinski definition) is 0. The average Bonchev–Trinajstić information content (AvgIpc) is 2.89. The van der Waals surface area contributed by atoms with E-state index in [0.717, 1.165) is 0 Å². The van der Waals surface area contributed by atoms with Gasteiger partial charge in [-0.2, -0.15) is 0 Å². The monoisotopic (exact) mass is 315 g/mol. The van der Waals surface area contributed by atoms with E-state index < -0.39 is 23.0 Å². The fourth-order valence-corrected chi connectivity index (χ4v) is 1.53. The van der Waals surface area contributed by atoms with Gasteiger partial charge in [0.2, 0.25) is 0 Å². The van der Waals surface area contributed by atoms with Gasteiger partial charge in [0.15, 0.2) is 0 Å². The summed E-state index contributed by atoms with van der Waals surface area (Å²) in [6.45, 7) is 2.64. The van der Waals surface area contributed by atoms with Crippen molar-refractivity contribution in [2.45, 2.75) is 26.5 Å². The van der Waals surface area contributed by atoms with Crippen LogP contribution in [0.1, 0.15) is 13.8 Å². The van der Waals surface area contributed by atoms with Gasteiger partial charge < -0.3 is 24.3 Å². The Morgan fingerprint density at radius 1 is 1.32 bits per heavy atom. The predicted octanol–water partition coefficient (Wildman–Crippen LogP) is 0.303. The zero-order valence-electron chi connectivity index (χ0n) is 12.3. The van der Waals surface area contributed by atoms with Crippen LogP contribution in [0, 0.1) is 10.1 Å². The van der Waals surface area contributed by atoms with Gasteiger partial charge >= 0.3 is 17.9 Å². The highest BCUT2D eigenvalue weighted by atomic mass is 16.6. The van der Waals surface area contributed by atoms with Gasteiger partial charge in [-0.05, 0) is 4.92 Å². The molecule has 0 bridgehead atoms. The van der Waals surface area contributed by atoms with E-state index in [1.165, 1.54) is 30.8 Å². The van der Waals surface area contributed by atoms with E-state index in [9.17, 15) is 19.7 Å². The maximum absolute atomic E-state index is 10.8. The molecule has 1 rings (SSSR count). The van der Waals surface area contributed by atoms with Crippen molar-refractivity contribution >= 4 is 17.9 Å². The summed E-state index contributed by atoms with van der Waals surface area (Å²) in [5.41, 5.74) is 0. The topological polar surface area (TPSA) is 123 Å². The van der Waals surface area contributed by atoms with Crippen LogP contribution in [-0.2, 0) is 30.3 Å². The molecule has 122 valence electrons. The minimum atomic E-state index is -0.643. The fraction of sp³-hybridized carbons (Fsp3) is 0.583. The van der Waals surface area contributed by atoms with Crippen molar-refractivity contribution in [3.63, 3.8) is 0 Å². The summed E-state index contributed by atoms with van der Waals surface area (Å²) >= 11 is 0. The number of ether oxygens (including phenoxy) is 3. The minimum Gasteiger partial charge on any atom is -0.463 e. The molecule has 0 unspecified atom stereocenters. The van der Waals surface area contributed by atoms with Crippen LogP contribution in [0.2, 0.25) is 0 Å². The van der Waals surface area contributed by atoms with Crippen molar-refractivity contribution in [2.24, 2.45) is 0 Å². The first-order valence-electron chi connectivity index (χ1n) is 6.44. The summed E-state index contributed by atoms with van der Waals surface area (Å²) in [4.78, 5) is 35.3. The molecule has 0 saturated heterocycles. The fourth-order valence-electron chi connectivity index (χ4n) is 1.53. The predicted molar refractivity (Wildman–Crippen MR) is 71.9 cm³/mol. The van der Waals surface area contributed by atoms with E-state index in [1.54, 1.807) is 0 Å². The van der Waals surface area contributed by atoms with Gasteiger partial charge in [-0.15, -0.1) is 0 Å². The number of carbonyl (C=O) groups is 2. The lowest BCUT2D eigenvalue weighted by Crippen LogP contribution is -2.29. The van der Waals surface area contributed by atoms with E-state index in [4.69, 9.17) is 14.2 Å². The first-order valence-corrected chi connectivity index (χ1v) is 6.44. The third-order valence-electron chi connectivity index (χ3n) is 2.49. The number of imidazole rings is 1. The summed E-state index contributed by atoms with van der Waals surface area (Å²) in [7, 11) is 0. The molecule has 1 aromatic heterocycles. The second-order valence-electron chi connectivity index (χ2n) is 4.28. The molecule has 1 aromatic rings. The molecule has 0 aromatic carbocycles. The summed E-state index contributed by atoms with van der Waals surface area (Å²) in [5, 5.41) is 10.7. The third kappa shape index (κ3) is 6.31. The van der Waals surface area contributed by atoms with Crippen LogP contribution in [0.25, 0.3) is 0 Å². The van der Waals surface area contributed by atoms with Crippen molar-refractivity contribution in [1.82, 2.24) is 9.55 Å². The maximum atomic E-state index is 10.8. The second kappa shape index (κ2) is 8.72. The standard InChI is InChI=1S/C12H17N3O7/c1-9(16)21-7-11(8-22-10(2)17)20-6-5-14-4-3-13-12(14)15(18)19/h3-4,11H,5-8H2,1-2H3. The van der Waals surface area contributed by atoms with Gasteiger partial charge in [0.05, 0.1) is 13.2 Å². The summed E-state index contributed by atoms with van der Waals surface area (Å²) in [6, 6.07) is 0. The molecule has 0 fully saturated rings. The first-order chi connectivity index (χ1) is 10.4. The van der Waals surface area contributed by atoms with E-state index in [-0.39, 0.29) is 32.3 Å². The molecule has 0 aliphatic carbocycles. The minimum absolute atomic E-state index is 0.0748. The van der Waals surface area contributed by atoms with Crippen molar-refractivity contribution < 1.29 is 28.7 Å². The zero-order chi connectivity index (χ0) is 16.5. The second-order valence-corrected chi connectivity index (χ2v) is 4.28. The Morgan fingerprint density at radius 3 is 2.41 bits per heavy atom. The molecule has 0 aliphatic heterocycles. The largest absolute Gasteiger partial charge is 0.463 e. The van der Waals surface area contributed by atoms with Crippen LogP contribution < -0.4 is 0 Å². The lowest BCUT2D eigenvalue weighted by molar-refractivity contribution is -0.396. The molecule has 0 aliphatic rings. The molecule has 22 heavy (non-hydrogen) atoms. The lowest BCUT2D eigenvalue weighted by Gasteiger charge is -2.17. The molecule has 0 spiro atoms. The number of nitro groups is 1. The van der Waals surface area contributed by atoms with Gasteiger partial charge in [-0.3, -0.25) is 9.59 Å². The van der Waals surface area contributed by atoms with Crippen molar-refractivity contribution in [2.75, 3.05) is 19.8 Å². The van der Waals surface area contributed by atoms with Gasteiger partial charge in [-0.1, -0.05) is 4.98 Å². The van der Waals surface area contributed by atoms with Crippen molar-refractivity contribution in [1.29, 1.82) is 0 Å². The Hall–Kier alpha value is -2.49. The van der Waals surface area contributed by atoms with Crippen LogP contribution >= 0.6 is 0 Å². The molecule has 10 nitrogen and oxygen atoms in total. The molecule has 0 atom stereocenters. The molecule has 0 radical (unpaired) electrons. The summed E-state index contributed by atoms with van der Waals surface area (Å²) in [5.74, 6) is -1.26. The first kappa shape index (κ1) is 17.6. The molecular weight excluding hydrogens is 298 g/mol. The lowest BCUT2D eigenvalue weighted by atomic mass is 10.4. The van der Waals surface area contributed by atoms with Gasteiger partial charge in [-0.25, -0.2) is 4.57 Å². The van der Waals surface area contributed by atoms with Crippen molar-refractivity contribution in [3.8, 4) is 0 Å². The molecule has 10 heteroatoms. The highest BCUT2D eigenvalue weighted by Gasteiger charge is 2.16. The number of carbonyl (C=O) groups excluding carboxylic acids is 2. The molecule has 0 N–H and O–H groups in total. The zero-order valence-corrected chi connectivity index (χ0v) is 12.3. The molecule has 0 amide bonds. The van der Waals surface area contributed by atoms with E-state index >= 15 is 0 Å². The van der Waals surface area contributed by atoms with Gasteiger partial charge in [0, 0.05) is 13.8 Å². The Labute approximate surface area is 126 Å². The van der Waals surface area contributed by atoms with Crippen molar-refractivity contribution in [3.05, 3.63) is 22.5 Å². The highest BCUT2D eigenvalue weighted by Crippen LogP contribution is 2.07. The van der Waals surface area contributed by atoms with Crippen LogP contribution in [-0.4, -0.2) is 52.3 Å². The molecule has 1 heterocycles. The van der Waals surface area contributed by atoms with Crippen LogP contribution in [0.3, 0.4) is 0 Å². The Morgan fingerprint density at radius 2 is 1.91 bits per heavy atom. The van der Waals surface area contributed by atoms with Gasteiger partial charge in [0.1, 0.15) is 31.7 Å². The number of hydrogen-bond acceptors (Lipinski definition) is 8. The molecular formula is C12H17N3O7. The SMILES string of the molecule is CC(=O)OCC(COC(C)=O)OCCn1ccnc1[N+](=O)[O-]. The number of aromatic nitrogens is 2. The van der Waals surface area contributed by atoms with Crippen LogP contribution in [0.15, 0.2) is 12.4 Å². The highest BCUT2D eigenvalue weighted by molar-refractivity contribution is 5.66. The quantitative estimate of drug-likeness (QED) is 0.362. The normalized spacial score (nSPS) is 10.5. The Balaban J connectivity index is 2.47. The van der Waals surface area contributed by atoms with Crippen LogP contribution in [0.5, 0.6) is 0 Å². The average molecular weight is 315 g/mol. The van der Waals surface area contributed by atoms with E-state index in [1.807, 2.05) is 0 Å². The van der Waals surface area contributed by atoms with Gasteiger partial charge in [0.25, 0.3) is 0 Å². The number of esters is 2. The number of nitrogens with zero attached hydrogens (tertiary/aromatic N) is 3. The summed E-state index contributed by atoms with van der Waals surface area (Å²) < 4.78 is 16.3. The summed E-state index contributed by atoms with van der Waals surface area (Å²) in [6.07, 6.45) is 2.12. The third-order valence-corrected chi connectivity index (χ3v) is 2.49. The Bertz CT molecular complexity index is 511. The van der Waals surface area contributed by atoms with E-state index in [0.29, 0.717) is 0 Å². The molecule has 0 saturated carbocycles. The maximum Gasteiger partial charge on any atom is 0.434 e. The smallest absolute Gasteiger partial charge is 0.434 e. The number of rotatable bonds is 9.